The first kappa shape index (κ1) is 11.0. The Morgan fingerprint density at radius 1 is 1.38 bits per heavy atom. The SMILES string of the molecule is N[C@H]1CN(C(=O)O)CC[C@@H]1c1ccccc1. The predicted octanol–water partition coefficient (Wildman–Crippen LogP) is 1.48. The maximum Gasteiger partial charge on any atom is 0.407 e. The van der Waals surface area contributed by atoms with Crippen molar-refractivity contribution in [1.82, 2.24) is 4.90 Å². The minimum atomic E-state index is -0.873. The van der Waals surface area contributed by atoms with E-state index in [4.69, 9.17) is 10.8 Å². The fourth-order valence-electron chi connectivity index (χ4n) is 2.27. The van der Waals surface area contributed by atoms with Gasteiger partial charge in [-0.2, -0.15) is 0 Å². The highest BCUT2D eigenvalue weighted by Crippen LogP contribution is 2.26. The number of benzene rings is 1. The van der Waals surface area contributed by atoms with Crippen molar-refractivity contribution in [2.75, 3.05) is 13.1 Å². The molecule has 1 aliphatic heterocycles. The Bertz CT molecular complexity index is 367. The van der Waals surface area contributed by atoms with E-state index in [-0.39, 0.29) is 12.0 Å². The van der Waals surface area contributed by atoms with Crippen LogP contribution in [0.3, 0.4) is 0 Å². The van der Waals surface area contributed by atoms with Crippen molar-refractivity contribution in [3.05, 3.63) is 35.9 Å². The zero-order chi connectivity index (χ0) is 11.5. The normalized spacial score (nSPS) is 25.4. The molecule has 4 nitrogen and oxygen atoms in total. The molecule has 2 atom stereocenters. The standard InChI is InChI=1S/C12H16N2O2/c13-11-8-14(12(15)16)7-6-10(11)9-4-2-1-3-5-9/h1-5,10-11H,6-8,13H2,(H,15,16)/t10-,11+/m1/s1. The number of nitrogens with zero attached hydrogens (tertiary/aromatic N) is 1. The van der Waals surface area contributed by atoms with E-state index in [1.807, 2.05) is 18.2 Å². The van der Waals surface area contributed by atoms with Gasteiger partial charge in [0.25, 0.3) is 0 Å². The van der Waals surface area contributed by atoms with Crippen LogP contribution in [0.5, 0.6) is 0 Å². The minimum Gasteiger partial charge on any atom is -0.465 e. The molecule has 0 aliphatic carbocycles. The van der Waals surface area contributed by atoms with Crippen LogP contribution in [0.25, 0.3) is 0 Å². The molecule has 0 saturated carbocycles. The summed E-state index contributed by atoms with van der Waals surface area (Å²) in [6.45, 7) is 0.998. The highest BCUT2D eigenvalue weighted by atomic mass is 16.4. The number of carbonyl (C=O) groups is 1. The van der Waals surface area contributed by atoms with Crippen LogP contribution in [0.15, 0.2) is 30.3 Å². The highest BCUT2D eigenvalue weighted by molar-refractivity contribution is 5.65. The quantitative estimate of drug-likeness (QED) is 0.753. The van der Waals surface area contributed by atoms with Crippen LogP contribution in [0.1, 0.15) is 17.9 Å². The van der Waals surface area contributed by atoms with E-state index in [1.54, 1.807) is 0 Å². The van der Waals surface area contributed by atoms with Gasteiger partial charge >= 0.3 is 6.09 Å². The first-order valence-corrected chi connectivity index (χ1v) is 5.47. The molecule has 1 saturated heterocycles. The van der Waals surface area contributed by atoms with Gasteiger partial charge in [-0.15, -0.1) is 0 Å². The Kier molecular flexibility index (Phi) is 3.10. The molecule has 2 rings (SSSR count). The van der Waals surface area contributed by atoms with Crippen molar-refractivity contribution in [2.45, 2.75) is 18.4 Å². The molecule has 0 bridgehead atoms. The first-order valence-electron chi connectivity index (χ1n) is 5.47. The van der Waals surface area contributed by atoms with Crippen LogP contribution >= 0.6 is 0 Å². The first-order chi connectivity index (χ1) is 7.68. The second kappa shape index (κ2) is 4.53. The molecule has 4 heteroatoms. The van der Waals surface area contributed by atoms with E-state index in [1.165, 1.54) is 10.5 Å². The molecule has 86 valence electrons. The number of nitrogens with two attached hydrogens (primary N) is 1. The number of piperidine rings is 1. The van der Waals surface area contributed by atoms with E-state index in [9.17, 15) is 4.79 Å². The van der Waals surface area contributed by atoms with E-state index in [0.29, 0.717) is 13.1 Å². The molecular weight excluding hydrogens is 204 g/mol. The lowest BCUT2D eigenvalue weighted by molar-refractivity contribution is 0.126. The summed E-state index contributed by atoms with van der Waals surface area (Å²) < 4.78 is 0. The molecule has 16 heavy (non-hydrogen) atoms. The van der Waals surface area contributed by atoms with E-state index >= 15 is 0 Å². The maximum atomic E-state index is 10.8. The summed E-state index contributed by atoms with van der Waals surface area (Å²) in [4.78, 5) is 12.2. The van der Waals surface area contributed by atoms with Crippen LogP contribution in [0.4, 0.5) is 4.79 Å². The Hall–Kier alpha value is -1.55. The van der Waals surface area contributed by atoms with Gasteiger partial charge in [0.15, 0.2) is 0 Å². The summed E-state index contributed by atoms with van der Waals surface area (Å²) in [6, 6.07) is 9.97. The van der Waals surface area contributed by atoms with Crippen molar-refractivity contribution in [2.24, 2.45) is 5.73 Å². The fourth-order valence-corrected chi connectivity index (χ4v) is 2.27. The Morgan fingerprint density at radius 3 is 2.62 bits per heavy atom. The molecular formula is C12H16N2O2. The molecule has 3 N–H and O–H groups in total. The lowest BCUT2D eigenvalue weighted by Gasteiger charge is -2.35. The molecule has 0 unspecified atom stereocenters. The zero-order valence-electron chi connectivity index (χ0n) is 9.04. The van der Waals surface area contributed by atoms with Gasteiger partial charge in [0.1, 0.15) is 0 Å². The summed E-state index contributed by atoms with van der Waals surface area (Å²) in [5.74, 6) is 0.275. The lowest BCUT2D eigenvalue weighted by Crippen LogP contribution is -2.49. The number of rotatable bonds is 1. The van der Waals surface area contributed by atoms with Gasteiger partial charge in [-0.25, -0.2) is 4.79 Å². The minimum absolute atomic E-state index is 0.104. The molecule has 1 amide bonds. The van der Waals surface area contributed by atoms with Crippen LogP contribution in [-0.4, -0.2) is 35.2 Å². The maximum absolute atomic E-state index is 10.8. The Balaban J connectivity index is 2.08. The second-order valence-corrected chi connectivity index (χ2v) is 4.20. The molecule has 1 aliphatic rings. The third kappa shape index (κ3) is 2.17. The summed E-state index contributed by atoms with van der Waals surface area (Å²) in [7, 11) is 0. The number of amides is 1. The third-order valence-corrected chi connectivity index (χ3v) is 3.16. The van der Waals surface area contributed by atoms with Crippen molar-refractivity contribution in [3.63, 3.8) is 0 Å². The average Bonchev–Trinajstić information content (AvgIpc) is 2.30. The van der Waals surface area contributed by atoms with Crippen LogP contribution < -0.4 is 5.73 Å². The molecule has 0 aromatic heterocycles. The third-order valence-electron chi connectivity index (χ3n) is 3.16. The monoisotopic (exact) mass is 220 g/mol. The van der Waals surface area contributed by atoms with Crippen molar-refractivity contribution in [3.8, 4) is 0 Å². The summed E-state index contributed by atoms with van der Waals surface area (Å²) in [5.41, 5.74) is 7.24. The molecule has 1 aromatic rings. The number of likely N-dealkylation sites (tertiary alicyclic amines) is 1. The van der Waals surface area contributed by atoms with E-state index in [2.05, 4.69) is 12.1 Å². The van der Waals surface area contributed by atoms with Crippen molar-refractivity contribution < 1.29 is 9.90 Å². The van der Waals surface area contributed by atoms with Gasteiger partial charge < -0.3 is 15.7 Å². The smallest absolute Gasteiger partial charge is 0.407 e. The lowest BCUT2D eigenvalue weighted by atomic mass is 9.86. The van der Waals surface area contributed by atoms with E-state index in [0.717, 1.165) is 6.42 Å². The largest absolute Gasteiger partial charge is 0.465 e. The van der Waals surface area contributed by atoms with Gasteiger partial charge in [0.2, 0.25) is 0 Å². The number of hydrogen-bond acceptors (Lipinski definition) is 2. The molecule has 1 fully saturated rings. The highest BCUT2D eigenvalue weighted by Gasteiger charge is 2.29. The van der Waals surface area contributed by atoms with Gasteiger partial charge in [-0.1, -0.05) is 30.3 Å². The fraction of sp³-hybridized carbons (Fsp3) is 0.417. The zero-order valence-corrected chi connectivity index (χ0v) is 9.04. The van der Waals surface area contributed by atoms with Crippen LogP contribution in [-0.2, 0) is 0 Å². The summed E-state index contributed by atoms with van der Waals surface area (Å²) in [6.07, 6.45) is -0.0701. The van der Waals surface area contributed by atoms with Crippen LogP contribution in [0, 0.1) is 0 Å². The Labute approximate surface area is 94.7 Å². The average molecular weight is 220 g/mol. The van der Waals surface area contributed by atoms with Crippen molar-refractivity contribution in [1.29, 1.82) is 0 Å². The Morgan fingerprint density at radius 2 is 2.06 bits per heavy atom. The van der Waals surface area contributed by atoms with Gasteiger partial charge in [-0.3, -0.25) is 0 Å². The van der Waals surface area contributed by atoms with Crippen molar-refractivity contribution >= 4 is 6.09 Å². The predicted molar refractivity (Wildman–Crippen MR) is 61.4 cm³/mol. The number of hydrogen-bond donors (Lipinski definition) is 2. The van der Waals surface area contributed by atoms with Gasteiger partial charge in [-0.05, 0) is 12.0 Å². The summed E-state index contributed by atoms with van der Waals surface area (Å²) >= 11 is 0. The van der Waals surface area contributed by atoms with E-state index < -0.39 is 6.09 Å². The van der Waals surface area contributed by atoms with Gasteiger partial charge in [0.05, 0.1) is 0 Å². The van der Waals surface area contributed by atoms with Gasteiger partial charge in [0, 0.05) is 25.0 Å². The molecule has 0 spiro atoms. The summed E-state index contributed by atoms with van der Waals surface area (Å²) in [5, 5.41) is 8.88. The second-order valence-electron chi connectivity index (χ2n) is 4.20. The molecule has 1 heterocycles. The topological polar surface area (TPSA) is 66.6 Å². The van der Waals surface area contributed by atoms with Crippen LogP contribution in [0.2, 0.25) is 0 Å². The molecule has 0 radical (unpaired) electrons. The molecule has 1 aromatic carbocycles. The number of carboxylic acid groups (broad SMARTS) is 1.